The fraction of sp³-hybridized carbons (Fsp3) is 0.222. The van der Waals surface area contributed by atoms with E-state index in [1.165, 1.54) is 31.0 Å². The highest BCUT2D eigenvalue weighted by Gasteiger charge is 2.15. The minimum Gasteiger partial charge on any atom is -0.370 e. The van der Waals surface area contributed by atoms with Gasteiger partial charge in [0.2, 0.25) is 0 Å². The van der Waals surface area contributed by atoms with Gasteiger partial charge in [0.1, 0.15) is 5.82 Å². The third kappa shape index (κ3) is 4.46. The highest BCUT2D eigenvalue weighted by atomic mass is 35.5. The zero-order chi connectivity index (χ0) is 17.8. The van der Waals surface area contributed by atoms with Gasteiger partial charge < -0.3 is 10.2 Å². The molecule has 0 bridgehead atoms. The molecule has 0 aliphatic carbocycles. The van der Waals surface area contributed by atoms with Crippen molar-refractivity contribution in [1.82, 2.24) is 5.32 Å². The Hall–Kier alpha value is -2.18. The Morgan fingerprint density at radius 3 is 2.60 bits per heavy atom. The van der Waals surface area contributed by atoms with Crippen molar-refractivity contribution < 1.29 is 9.18 Å². The van der Waals surface area contributed by atoms with Gasteiger partial charge >= 0.3 is 0 Å². The van der Waals surface area contributed by atoms with E-state index in [1.54, 1.807) is 6.07 Å². The van der Waals surface area contributed by atoms with Gasteiger partial charge in [0, 0.05) is 24.3 Å². The summed E-state index contributed by atoms with van der Waals surface area (Å²) in [5.41, 5.74) is 1.88. The van der Waals surface area contributed by atoms with Crippen LogP contribution in [0.15, 0.2) is 42.5 Å². The molecule has 2 aromatic rings. The highest BCUT2D eigenvalue weighted by molar-refractivity contribution is 7.80. The molecule has 0 atom stereocenters. The first-order valence-corrected chi connectivity index (χ1v) is 8.74. The molecule has 0 radical (unpaired) electrons. The molecule has 1 fully saturated rings. The number of hydrogen-bond donors (Lipinski definition) is 2. The van der Waals surface area contributed by atoms with E-state index < -0.39 is 11.7 Å². The molecule has 0 saturated carbocycles. The van der Waals surface area contributed by atoms with E-state index in [1.807, 2.05) is 12.1 Å². The lowest BCUT2D eigenvalue weighted by Gasteiger charge is -2.20. The number of rotatable bonds is 3. The first-order valence-electron chi connectivity index (χ1n) is 7.95. The van der Waals surface area contributed by atoms with Crippen molar-refractivity contribution in [3.05, 3.63) is 58.9 Å². The van der Waals surface area contributed by atoms with Crippen molar-refractivity contribution >= 4 is 46.2 Å². The lowest BCUT2D eigenvalue weighted by atomic mass is 10.2. The van der Waals surface area contributed by atoms with Crippen LogP contribution in [-0.2, 0) is 0 Å². The quantitative estimate of drug-likeness (QED) is 0.786. The molecule has 1 aliphatic heterocycles. The van der Waals surface area contributed by atoms with E-state index in [9.17, 15) is 9.18 Å². The van der Waals surface area contributed by atoms with Gasteiger partial charge in [-0.1, -0.05) is 17.7 Å². The van der Waals surface area contributed by atoms with Crippen molar-refractivity contribution in [3.63, 3.8) is 0 Å². The Morgan fingerprint density at radius 2 is 1.92 bits per heavy atom. The largest absolute Gasteiger partial charge is 0.370 e. The average Bonchev–Trinajstić information content (AvgIpc) is 3.09. The molecule has 7 heteroatoms. The van der Waals surface area contributed by atoms with Crippen molar-refractivity contribution in [2.45, 2.75) is 12.8 Å². The molecule has 2 N–H and O–H groups in total. The predicted molar refractivity (Wildman–Crippen MR) is 103 cm³/mol. The summed E-state index contributed by atoms with van der Waals surface area (Å²) >= 11 is 11.5. The lowest BCUT2D eigenvalue weighted by Crippen LogP contribution is -2.34. The van der Waals surface area contributed by atoms with Crippen LogP contribution in [0.5, 0.6) is 0 Å². The predicted octanol–water partition coefficient (Wildman–Crippen LogP) is 4.21. The summed E-state index contributed by atoms with van der Waals surface area (Å²) < 4.78 is 13.2. The van der Waals surface area contributed by atoms with Crippen molar-refractivity contribution in [2.24, 2.45) is 0 Å². The van der Waals surface area contributed by atoms with E-state index in [0.717, 1.165) is 24.8 Å². The molecule has 4 nitrogen and oxygen atoms in total. The molecule has 2 aromatic carbocycles. The molecule has 25 heavy (non-hydrogen) atoms. The summed E-state index contributed by atoms with van der Waals surface area (Å²) in [4.78, 5) is 14.3. The molecule has 0 aromatic heterocycles. The molecular weight excluding hydrogens is 361 g/mol. The van der Waals surface area contributed by atoms with Crippen LogP contribution in [0.1, 0.15) is 23.2 Å². The van der Waals surface area contributed by atoms with E-state index in [0.29, 0.717) is 10.7 Å². The van der Waals surface area contributed by atoms with Gasteiger partial charge in [-0.15, -0.1) is 0 Å². The number of nitrogens with one attached hydrogen (secondary N) is 2. The minimum absolute atomic E-state index is 0.124. The van der Waals surface area contributed by atoms with Crippen LogP contribution in [0.4, 0.5) is 15.8 Å². The molecule has 0 unspecified atom stereocenters. The number of halogens is 2. The van der Waals surface area contributed by atoms with Gasteiger partial charge in [0.05, 0.1) is 10.7 Å². The molecule has 0 spiro atoms. The normalized spacial score (nSPS) is 13.6. The Bertz CT molecular complexity index is 809. The first kappa shape index (κ1) is 17.6. The summed E-state index contributed by atoms with van der Waals surface area (Å²) in [5, 5.41) is 6.20. The number of amides is 1. The maximum Gasteiger partial charge on any atom is 0.257 e. The molecule has 1 amide bonds. The molecule has 1 heterocycles. The van der Waals surface area contributed by atoms with Gasteiger partial charge in [0.15, 0.2) is 5.11 Å². The molecule has 1 aliphatic rings. The number of carbonyl (C=O) groups is 1. The lowest BCUT2D eigenvalue weighted by molar-refractivity contribution is 0.0977. The maximum atomic E-state index is 13.2. The summed E-state index contributed by atoms with van der Waals surface area (Å²) in [6.45, 7) is 2.02. The van der Waals surface area contributed by atoms with Crippen molar-refractivity contribution in [2.75, 3.05) is 23.3 Å². The van der Waals surface area contributed by atoms with Crippen LogP contribution in [0.2, 0.25) is 5.02 Å². The number of anilines is 2. The van der Waals surface area contributed by atoms with Crippen LogP contribution < -0.4 is 15.5 Å². The van der Waals surface area contributed by atoms with E-state index in [-0.39, 0.29) is 10.7 Å². The van der Waals surface area contributed by atoms with Crippen LogP contribution in [-0.4, -0.2) is 24.1 Å². The number of hydrogen-bond acceptors (Lipinski definition) is 3. The first-order chi connectivity index (χ1) is 12.0. The van der Waals surface area contributed by atoms with Crippen LogP contribution in [0.3, 0.4) is 0 Å². The average molecular weight is 378 g/mol. The number of thiocarbonyl (C=S) groups is 1. The monoisotopic (exact) mass is 377 g/mol. The third-order valence-electron chi connectivity index (χ3n) is 3.97. The van der Waals surface area contributed by atoms with Crippen molar-refractivity contribution in [1.29, 1.82) is 0 Å². The fourth-order valence-corrected chi connectivity index (χ4v) is 3.28. The zero-order valence-corrected chi connectivity index (χ0v) is 15.0. The SMILES string of the molecule is O=C(NC(=S)Nc1ccc(N2CCCC2)c(Cl)c1)c1cccc(F)c1. The molecule has 1 saturated heterocycles. The Balaban J connectivity index is 1.62. The van der Waals surface area contributed by atoms with Crippen LogP contribution >= 0.6 is 23.8 Å². The third-order valence-corrected chi connectivity index (χ3v) is 4.47. The second-order valence-electron chi connectivity index (χ2n) is 5.78. The standard InChI is InChI=1S/C18H17ClFN3OS/c19-15-11-14(6-7-16(15)23-8-1-2-9-23)21-18(25)22-17(24)12-4-3-5-13(20)10-12/h3-7,10-11H,1-2,8-9H2,(H2,21,22,24,25). The number of carbonyl (C=O) groups excluding carboxylic acids is 1. The van der Waals surface area contributed by atoms with E-state index >= 15 is 0 Å². The Labute approximate surface area is 156 Å². The summed E-state index contributed by atoms with van der Waals surface area (Å²) in [6.07, 6.45) is 2.35. The maximum absolute atomic E-state index is 13.2. The Morgan fingerprint density at radius 1 is 1.16 bits per heavy atom. The molecule has 130 valence electrons. The second-order valence-corrected chi connectivity index (χ2v) is 6.59. The van der Waals surface area contributed by atoms with Gasteiger partial charge in [-0.05, 0) is 61.5 Å². The van der Waals surface area contributed by atoms with Gasteiger partial charge in [-0.3, -0.25) is 10.1 Å². The van der Waals surface area contributed by atoms with Gasteiger partial charge in [0.25, 0.3) is 5.91 Å². The highest BCUT2D eigenvalue weighted by Crippen LogP contribution is 2.31. The summed E-state index contributed by atoms with van der Waals surface area (Å²) in [7, 11) is 0. The number of nitrogens with zero attached hydrogens (tertiary/aromatic N) is 1. The van der Waals surface area contributed by atoms with E-state index in [2.05, 4.69) is 15.5 Å². The molecular formula is C18H17ClFN3OS. The molecule has 3 rings (SSSR count). The van der Waals surface area contributed by atoms with Gasteiger partial charge in [-0.25, -0.2) is 4.39 Å². The van der Waals surface area contributed by atoms with Gasteiger partial charge in [-0.2, -0.15) is 0 Å². The smallest absolute Gasteiger partial charge is 0.257 e. The van der Waals surface area contributed by atoms with E-state index in [4.69, 9.17) is 23.8 Å². The second kappa shape index (κ2) is 7.80. The fourth-order valence-electron chi connectivity index (χ4n) is 2.77. The van der Waals surface area contributed by atoms with Crippen LogP contribution in [0, 0.1) is 5.82 Å². The number of benzene rings is 2. The van der Waals surface area contributed by atoms with Crippen molar-refractivity contribution in [3.8, 4) is 0 Å². The summed E-state index contributed by atoms with van der Waals surface area (Å²) in [5.74, 6) is -0.951. The zero-order valence-electron chi connectivity index (χ0n) is 13.4. The minimum atomic E-state index is -0.476. The van der Waals surface area contributed by atoms with Crippen LogP contribution in [0.25, 0.3) is 0 Å². The topological polar surface area (TPSA) is 44.4 Å². The Kier molecular flexibility index (Phi) is 5.50. The summed E-state index contributed by atoms with van der Waals surface area (Å²) in [6, 6.07) is 11.0.